The van der Waals surface area contributed by atoms with Crippen molar-refractivity contribution in [3.05, 3.63) is 57.2 Å². The third kappa shape index (κ3) is 2.22. The molecule has 0 radical (unpaired) electrons. The molecule has 88 valence electrons. The fourth-order valence-electron chi connectivity index (χ4n) is 1.69. The third-order valence-corrected chi connectivity index (χ3v) is 3.78. The average molecular weight is 247 g/mol. The number of hydrogen-bond donors (Lipinski definition) is 0. The van der Waals surface area contributed by atoms with Crippen LogP contribution < -0.4 is 5.56 Å². The Kier molecular flexibility index (Phi) is 3.24. The smallest absolute Gasteiger partial charge is 0.272 e. The van der Waals surface area contributed by atoms with Gasteiger partial charge in [0.25, 0.3) is 5.56 Å². The first-order valence-corrected chi connectivity index (χ1v) is 6.21. The van der Waals surface area contributed by atoms with Crippen molar-refractivity contribution in [2.24, 2.45) is 0 Å². The van der Waals surface area contributed by atoms with Crippen LogP contribution >= 0.6 is 11.5 Å². The molecular formula is C13H13NO2S. The van der Waals surface area contributed by atoms with E-state index in [0.29, 0.717) is 0 Å². The van der Waals surface area contributed by atoms with Crippen LogP contribution in [-0.4, -0.2) is 9.74 Å². The lowest BCUT2D eigenvalue weighted by atomic mass is 10.1. The summed E-state index contributed by atoms with van der Waals surface area (Å²) < 4.78 is 1.63. The molecule has 0 saturated carbocycles. The predicted molar refractivity (Wildman–Crippen MR) is 68.8 cm³/mol. The summed E-state index contributed by atoms with van der Waals surface area (Å²) in [6.07, 6.45) is 0. The number of nitrogens with zero attached hydrogens (tertiary/aromatic N) is 1. The van der Waals surface area contributed by atoms with Gasteiger partial charge in [0.05, 0.1) is 11.6 Å². The SMILES string of the molecule is CC(=O)c1csn([C@@H](C)c2ccccc2)c1=O. The van der Waals surface area contributed by atoms with Gasteiger partial charge in [-0.25, -0.2) is 0 Å². The van der Waals surface area contributed by atoms with E-state index >= 15 is 0 Å². The van der Waals surface area contributed by atoms with E-state index < -0.39 is 0 Å². The van der Waals surface area contributed by atoms with Gasteiger partial charge in [0, 0.05) is 5.38 Å². The highest BCUT2D eigenvalue weighted by atomic mass is 32.1. The summed E-state index contributed by atoms with van der Waals surface area (Å²) in [4.78, 5) is 23.2. The first-order chi connectivity index (χ1) is 8.11. The number of Topliss-reactive ketones (excluding diaryl/α,β-unsaturated/α-hetero) is 1. The molecule has 1 aromatic heterocycles. The number of carbonyl (C=O) groups is 1. The van der Waals surface area contributed by atoms with Crippen LogP contribution in [0, 0.1) is 0 Å². The monoisotopic (exact) mass is 247 g/mol. The standard InChI is InChI=1S/C13H13NO2S/c1-9(11-6-4-3-5-7-11)14-13(16)12(8-17-14)10(2)15/h3-9H,1-2H3/t9-/m0/s1. The number of ketones is 1. The molecule has 0 aliphatic rings. The van der Waals surface area contributed by atoms with Crippen molar-refractivity contribution in [3.8, 4) is 0 Å². The zero-order valence-corrected chi connectivity index (χ0v) is 10.5. The highest BCUT2D eigenvalue weighted by molar-refractivity contribution is 7.04. The number of benzene rings is 1. The quantitative estimate of drug-likeness (QED) is 0.782. The van der Waals surface area contributed by atoms with E-state index in [2.05, 4.69) is 0 Å². The molecule has 3 nitrogen and oxygen atoms in total. The molecule has 1 atom stereocenters. The first-order valence-electron chi connectivity index (χ1n) is 5.37. The van der Waals surface area contributed by atoms with Crippen molar-refractivity contribution < 1.29 is 4.79 Å². The van der Waals surface area contributed by atoms with E-state index in [9.17, 15) is 9.59 Å². The van der Waals surface area contributed by atoms with Crippen LogP contribution in [0.15, 0.2) is 40.5 Å². The first kappa shape index (κ1) is 11.8. The van der Waals surface area contributed by atoms with Gasteiger partial charge in [0.1, 0.15) is 0 Å². The molecule has 0 aliphatic heterocycles. The Morgan fingerprint density at radius 2 is 1.94 bits per heavy atom. The third-order valence-electron chi connectivity index (χ3n) is 2.73. The van der Waals surface area contributed by atoms with Gasteiger partial charge in [0.15, 0.2) is 5.78 Å². The van der Waals surface area contributed by atoms with Crippen molar-refractivity contribution in [3.63, 3.8) is 0 Å². The minimum Gasteiger partial charge on any atom is -0.294 e. The van der Waals surface area contributed by atoms with Crippen LogP contribution in [0.1, 0.15) is 35.8 Å². The molecule has 2 aromatic rings. The molecule has 0 saturated heterocycles. The maximum Gasteiger partial charge on any atom is 0.272 e. The second kappa shape index (κ2) is 4.67. The Morgan fingerprint density at radius 1 is 1.29 bits per heavy atom. The number of aromatic nitrogens is 1. The lowest BCUT2D eigenvalue weighted by Gasteiger charge is -2.11. The molecule has 0 unspecified atom stereocenters. The maximum absolute atomic E-state index is 12.0. The lowest BCUT2D eigenvalue weighted by Crippen LogP contribution is -2.21. The molecule has 0 aliphatic carbocycles. The highest BCUT2D eigenvalue weighted by Crippen LogP contribution is 2.18. The molecule has 0 fully saturated rings. The topological polar surface area (TPSA) is 39.1 Å². The number of rotatable bonds is 3. The van der Waals surface area contributed by atoms with Crippen LogP contribution in [0.25, 0.3) is 0 Å². The average Bonchev–Trinajstić information content (AvgIpc) is 2.71. The Balaban J connectivity index is 2.42. The van der Waals surface area contributed by atoms with Gasteiger partial charge in [-0.2, -0.15) is 0 Å². The summed E-state index contributed by atoms with van der Waals surface area (Å²) in [5, 5.41) is 1.63. The normalized spacial score (nSPS) is 12.4. The van der Waals surface area contributed by atoms with Crippen molar-refractivity contribution in [1.29, 1.82) is 0 Å². The van der Waals surface area contributed by atoms with Gasteiger partial charge in [-0.05, 0) is 19.4 Å². The zero-order valence-electron chi connectivity index (χ0n) is 9.71. The van der Waals surface area contributed by atoms with E-state index in [-0.39, 0.29) is 22.9 Å². The van der Waals surface area contributed by atoms with Crippen molar-refractivity contribution >= 4 is 17.3 Å². The van der Waals surface area contributed by atoms with E-state index in [1.54, 1.807) is 9.34 Å². The highest BCUT2D eigenvalue weighted by Gasteiger charge is 2.15. The molecule has 0 spiro atoms. The summed E-state index contributed by atoms with van der Waals surface area (Å²) in [6, 6.07) is 9.73. The molecule has 17 heavy (non-hydrogen) atoms. The van der Waals surface area contributed by atoms with E-state index in [1.807, 2.05) is 37.3 Å². The summed E-state index contributed by atoms with van der Waals surface area (Å²) in [7, 11) is 0. The minimum absolute atomic E-state index is 0.0400. The van der Waals surface area contributed by atoms with Crippen molar-refractivity contribution in [2.75, 3.05) is 0 Å². The fraction of sp³-hybridized carbons (Fsp3) is 0.231. The Morgan fingerprint density at radius 3 is 2.47 bits per heavy atom. The van der Waals surface area contributed by atoms with Crippen LogP contribution in [0.5, 0.6) is 0 Å². The molecule has 1 heterocycles. The summed E-state index contributed by atoms with van der Waals surface area (Å²) in [5.74, 6) is -0.176. The Hall–Kier alpha value is -1.68. The number of carbonyl (C=O) groups excluding carboxylic acids is 1. The summed E-state index contributed by atoms with van der Waals surface area (Å²) >= 11 is 1.29. The van der Waals surface area contributed by atoms with E-state index in [0.717, 1.165) is 5.56 Å². The molecule has 0 amide bonds. The Labute approximate surface area is 103 Å². The van der Waals surface area contributed by atoms with Gasteiger partial charge in [0.2, 0.25) is 0 Å². The molecular weight excluding hydrogens is 234 g/mol. The van der Waals surface area contributed by atoms with Crippen LogP contribution in [0.3, 0.4) is 0 Å². The van der Waals surface area contributed by atoms with Crippen LogP contribution in [-0.2, 0) is 0 Å². The van der Waals surface area contributed by atoms with Gasteiger partial charge in [-0.3, -0.25) is 13.5 Å². The van der Waals surface area contributed by atoms with Gasteiger partial charge in [-0.15, -0.1) is 0 Å². The van der Waals surface area contributed by atoms with Gasteiger partial charge in [-0.1, -0.05) is 41.9 Å². The van der Waals surface area contributed by atoms with E-state index in [4.69, 9.17) is 0 Å². The van der Waals surface area contributed by atoms with Crippen molar-refractivity contribution in [1.82, 2.24) is 3.96 Å². The lowest BCUT2D eigenvalue weighted by molar-refractivity contribution is 0.101. The Bertz CT molecular complexity index is 583. The predicted octanol–water partition coefficient (Wildman–Crippen LogP) is 2.72. The summed E-state index contributed by atoms with van der Waals surface area (Å²) in [5.41, 5.74) is 1.14. The second-order valence-electron chi connectivity index (χ2n) is 3.91. The largest absolute Gasteiger partial charge is 0.294 e. The van der Waals surface area contributed by atoms with E-state index in [1.165, 1.54) is 18.5 Å². The molecule has 4 heteroatoms. The molecule has 0 bridgehead atoms. The molecule has 0 N–H and O–H groups in total. The van der Waals surface area contributed by atoms with Crippen LogP contribution in [0.2, 0.25) is 0 Å². The minimum atomic E-state index is -0.196. The van der Waals surface area contributed by atoms with Crippen molar-refractivity contribution in [2.45, 2.75) is 19.9 Å². The van der Waals surface area contributed by atoms with Gasteiger partial charge < -0.3 is 0 Å². The molecule has 2 rings (SSSR count). The van der Waals surface area contributed by atoms with Gasteiger partial charge >= 0.3 is 0 Å². The van der Waals surface area contributed by atoms with Crippen LogP contribution in [0.4, 0.5) is 0 Å². The number of hydrogen-bond acceptors (Lipinski definition) is 3. The molecule has 1 aromatic carbocycles. The second-order valence-corrected chi connectivity index (χ2v) is 4.75. The summed E-state index contributed by atoms with van der Waals surface area (Å²) in [6.45, 7) is 3.37. The zero-order chi connectivity index (χ0) is 12.4. The maximum atomic E-state index is 12.0. The fourth-order valence-corrected chi connectivity index (χ4v) is 2.68.